The van der Waals surface area contributed by atoms with E-state index in [0.717, 1.165) is 16.8 Å². The van der Waals surface area contributed by atoms with Gasteiger partial charge in [-0.15, -0.1) is 0 Å². The number of hydrogen-bond donors (Lipinski definition) is 1. The lowest BCUT2D eigenvalue weighted by Gasteiger charge is -2.10. The molecule has 2 aromatic carbocycles. The maximum absolute atomic E-state index is 12.4. The van der Waals surface area contributed by atoms with Crippen molar-refractivity contribution < 1.29 is 9.53 Å². The first kappa shape index (κ1) is 18.0. The molecule has 0 aliphatic heterocycles. The first-order valence-corrected chi connectivity index (χ1v) is 8.54. The molecule has 0 saturated heterocycles. The molecule has 0 bridgehead atoms. The third-order valence-corrected chi connectivity index (χ3v) is 4.46. The van der Waals surface area contributed by atoms with E-state index in [1.165, 1.54) is 5.56 Å². The molecule has 5 heteroatoms. The van der Waals surface area contributed by atoms with Crippen molar-refractivity contribution in [3.05, 3.63) is 76.4 Å². The van der Waals surface area contributed by atoms with Gasteiger partial charge in [-0.25, -0.2) is 0 Å². The number of rotatable bonds is 4. The first-order chi connectivity index (χ1) is 12.5. The Morgan fingerprint density at radius 2 is 1.85 bits per heavy atom. The van der Waals surface area contributed by atoms with Gasteiger partial charge in [0, 0.05) is 22.5 Å². The Balaban J connectivity index is 1.82. The van der Waals surface area contributed by atoms with Crippen LogP contribution in [0.1, 0.15) is 21.5 Å². The molecule has 3 rings (SSSR count). The highest BCUT2D eigenvalue weighted by Crippen LogP contribution is 2.31. The summed E-state index contributed by atoms with van der Waals surface area (Å²) in [5.41, 5.74) is 5.02. The van der Waals surface area contributed by atoms with Gasteiger partial charge >= 0.3 is 0 Å². The Labute approximate surface area is 157 Å². The minimum Gasteiger partial charge on any atom is -0.496 e. The fourth-order valence-electron chi connectivity index (χ4n) is 2.59. The normalized spacial score (nSPS) is 10.5. The lowest BCUT2D eigenvalue weighted by molar-refractivity contribution is 0.102. The summed E-state index contributed by atoms with van der Waals surface area (Å²) in [7, 11) is 1.60. The predicted octanol–water partition coefficient (Wildman–Crippen LogP) is 5.28. The Morgan fingerprint density at radius 3 is 2.50 bits per heavy atom. The predicted molar refractivity (Wildman–Crippen MR) is 105 cm³/mol. The largest absolute Gasteiger partial charge is 0.496 e. The lowest BCUT2D eigenvalue weighted by atomic mass is 10.1. The van der Waals surface area contributed by atoms with Crippen LogP contribution in [0.15, 0.2) is 54.7 Å². The van der Waals surface area contributed by atoms with Crippen LogP contribution < -0.4 is 10.1 Å². The van der Waals surface area contributed by atoms with E-state index in [2.05, 4.69) is 10.3 Å². The number of carbonyl (C=O) groups is 1. The molecular formula is C21H19ClN2O2. The summed E-state index contributed by atoms with van der Waals surface area (Å²) in [4.78, 5) is 16.8. The minimum absolute atomic E-state index is 0.203. The SMILES string of the molecule is COc1ccc(Cl)cc1-c1ccc(C(=O)Nc2ccc(C)c(C)c2)cn1. The van der Waals surface area contributed by atoms with Gasteiger partial charge in [-0.05, 0) is 67.4 Å². The smallest absolute Gasteiger partial charge is 0.257 e. The van der Waals surface area contributed by atoms with Crippen molar-refractivity contribution in [1.82, 2.24) is 4.98 Å². The molecule has 132 valence electrons. The van der Waals surface area contributed by atoms with E-state index in [0.29, 0.717) is 22.0 Å². The number of ether oxygens (including phenoxy) is 1. The van der Waals surface area contributed by atoms with Gasteiger partial charge in [-0.2, -0.15) is 0 Å². The van der Waals surface area contributed by atoms with Gasteiger partial charge in [-0.1, -0.05) is 17.7 Å². The molecule has 1 aromatic heterocycles. The van der Waals surface area contributed by atoms with E-state index < -0.39 is 0 Å². The van der Waals surface area contributed by atoms with Crippen LogP contribution in [0.3, 0.4) is 0 Å². The zero-order chi connectivity index (χ0) is 18.7. The van der Waals surface area contributed by atoms with Crippen molar-refractivity contribution in [3.8, 4) is 17.0 Å². The topological polar surface area (TPSA) is 51.2 Å². The molecule has 0 atom stereocenters. The van der Waals surface area contributed by atoms with Crippen LogP contribution in [0, 0.1) is 13.8 Å². The van der Waals surface area contributed by atoms with Gasteiger partial charge in [0.25, 0.3) is 5.91 Å². The third kappa shape index (κ3) is 3.86. The fourth-order valence-corrected chi connectivity index (χ4v) is 2.76. The number of amides is 1. The van der Waals surface area contributed by atoms with Crippen LogP contribution in [0.25, 0.3) is 11.3 Å². The second-order valence-electron chi connectivity index (χ2n) is 6.03. The average Bonchev–Trinajstić information content (AvgIpc) is 2.65. The zero-order valence-electron chi connectivity index (χ0n) is 14.8. The molecule has 0 radical (unpaired) electrons. The summed E-state index contributed by atoms with van der Waals surface area (Å²) in [5.74, 6) is 0.472. The highest BCUT2D eigenvalue weighted by Gasteiger charge is 2.11. The average molecular weight is 367 g/mol. The lowest BCUT2D eigenvalue weighted by Crippen LogP contribution is -2.12. The summed E-state index contributed by atoms with van der Waals surface area (Å²) in [6.45, 7) is 4.05. The van der Waals surface area contributed by atoms with Crippen LogP contribution in [0.2, 0.25) is 5.02 Å². The monoisotopic (exact) mass is 366 g/mol. The molecule has 1 heterocycles. The van der Waals surface area contributed by atoms with Gasteiger partial charge in [0.2, 0.25) is 0 Å². The van der Waals surface area contributed by atoms with Gasteiger partial charge in [0.15, 0.2) is 0 Å². The number of anilines is 1. The molecule has 0 spiro atoms. The maximum Gasteiger partial charge on any atom is 0.257 e. The van der Waals surface area contributed by atoms with E-state index in [1.807, 2.05) is 32.0 Å². The second kappa shape index (κ2) is 7.58. The number of nitrogens with zero attached hydrogens (tertiary/aromatic N) is 1. The van der Waals surface area contributed by atoms with E-state index >= 15 is 0 Å². The van der Waals surface area contributed by atoms with Crippen LogP contribution >= 0.6 is 11.6 Å². The zero-order valence-corrected chi connectivity index (χ0v) is 15.6. The molecule has 0 saturated carbocycles. The number of nitrogens with one attached hydrogen (secondary N) is 1. The molecule has 0 aliphatic carbocycles. The molecule has 1 amide bonds. The van der Waals surface area contributed by atoms with Crippen molar-refractivity contribution in [1.29, 1.82) is 0 Å². The number of benzene rings is 2. The van der Waals surface area contributed by atoms with E-state index in [9.17, 15) is 4.79 Å². The standard InChI is InChI=1S/C21H19ClN2O2/c1-13-4-7-17(10-14(13)2)24-21(25)15-5-8-19(23-12-15)18-11-16(22)6-9-20(18)26-3/h4-12H,1-3H3,(H,24,25). The Morgan fingerprint density at radius 1 is 1.04 bits per heavy atom. The van der Waals surface area contributed by atoms with Crippen molar-refractivity contribution in [2.45, 2.75) is 13.8 Å². The molecule has 0 unspecified atom stereocenters. The highest BCUT2D eigenvalue weighted by molar-refractivity contribution is 6.31. The number of aryl methyl sites for hydroxylation is 2. The molecule has 0 aliphatic rings. The van der Waals surface area contributed by atoms with Crippen molar-refractivity contribution in [3.63, 3.8) is 0 Å². The van der Waals surface area contributed by atoms with Crippen molar-refractivity contribution in [2.75, 3.05) is 12.4 Å². The number of halogens is 1. The second-order valence-corrected chi connectivity index (χ2v) is 6.47. The molecule has 0 fully saturated rings. The van der Waals surface area contributed by atoms with E-state index in [-0.39, 0.29) is 5.91 Å². The van der Waals surface area contributed by atoms with Crippen LogP contribution in [-0.2, 0) is 0 Å². The molecule has 26 heavy (non-hydrogen) atoms. The molecule has 4 nitrogen and oxygen atoms in total. The quantitative estimate of drug-likeness (QED) is 0.683. The third-order valence-electron chi connectivity index (χ3n) is 4.23. The van der Waals surface area contributed by atoms with Gasteiger partial charge < -0.3 is 10.1 Å². The van der Waals surface area contributed by atoms with Gasteiger partial charge in [0.1, 0.15) is 5.75 Å². The molecule has 1 N–H and O–H groups in total. The van der Waals surface area contributed by atoms with E-state index in [4.69, 9.17) is 16.3 Å². The van der Waals surface area contributed by atoms with Crippen LogP contribution in [-0.4, -0.2) is 18.0 Å². The summed E-state index contributed by atoms with van der Waals surface area (Å²) in [6, 6.07) is 14.7. The number of carbonyl (C=O) groups excluding carboxylic acids is 1. The van der Waals surface area contributed by atoms with Gasteiger partial charge in [-0.3, -0.25) is 9.78 Å². The van der Waals surface area contributed by atoms with Crippen molar-refractivity contribution in [2.24, 2.45) is 0 Å². The Hall–Kier alpha value is -2.85. The van der Waals surface area contributed by atoms with Crippen molar-refractivity contribution >= 4 is 23.2 Å². The summed E-state index contributed by atoms with van der Waals surface area (Å²) in [5, 5.41) is 3.49. The maximum atomic E-state index is 12.4. The first-order valence-electron chi connectivity index (χ1n) is 8.16. The molecular weight excluding hydrogens is 348 g/mol. The van der Waals surface area contributed by atoms with Gasteiger partial charge in [0.05, 0.1) is 18.4 Å². The number of aromatic nitrogens is 1. The van der Waals surface area contributed by atoms with Crippen LogP contribution in [0.4, 0.5) is 5.69 Å². The number of pyridine rings is 1. The minimum atomic E-state index is -0.203. The Kier molecular flexibility index (Phi) is 5.24. The number of hydrogen-bond acceptors (Lipinski definition) is 3. The molecule has 3 aromatic rings. The fraction of sp³-hybridized carbons (Fsp3) is 0.143. The number of methoxy groups -OCH3 is 1. The van der Waals surface area contributed by atoms with Crippen LogP contribution in [0.5, 0.6) is 5.75 Å². The summed E-state index contributed by atoms with van der Waals surface area (Å²) in [6.07, 6.45) is 1.55. The van der Waals surface area contributed by atoms with E-state index in [1.54, 1.807) is 43.6 Å². The highest BCUT2D eigenvalue weighted by atomic mass is 35.5. The summed E-state index contributed by atoms with van der Waals surface area (Å²) >= 11 is 6.07. The Bertz CT molecular complexity index is 953. The summed E-state index contributed by atoms with van der Waals surface area (Å²) < 4.78 is 5.35.